The van der Waals surface area contributed by atoms with Gasteiger partial charge >= 0.3 is 0 Å². The molecule has 2 aromatic rings. The van der Waals surface area contributed by atoms with Crippen molar-refractivity contribution in [3.05, 3.63) is 71.5 Å². The number of hydrogen-bond acceptors (Lipinski definition) is 2. The minimum atomic E-state index is -0.245. The van der Waals surface area contributed by atoms with Crippen LogP contribution in [0.25, 0.3) is 0 Å². The molecule has 0 aromatic heterocycles. The Morgan fingerprint density at radius 3 is 2.25 bits per heavy atom. The van der Waals surface area contributed by atoms with Crippen molar-refractivity contribution in [2.45, 2.75) is 31.6 Å². The first-order valence-electron chi connectivity index (χ1n) is 10.3. The number of amides is 1. The van der Waals surface area contributed by atoms with Crippen molar-refractivity contribution >= 4 is 5.91 Å². The van der Waals surface area contributed by atoms with Gasteiger partial charge in [-0.05, 0) is 68.1 Å². The summed E-state index contributed by atoms with van der Waals surface area (Å²) in [5, 5.41) is 0. The number of halogens is 1. The van der Waals surface area contributed by atoms with E-state index in [-0.39, 0.29) is 17.6 Å². The molecule has 4 rings (SSSR count). The highest BCUT2D eigenvalue weighted by Crippen LogP contribution is 2.41. The summed E-state index contributed by atoms with van der Waals surface area (Å²) in [4.78, 5) is 17.7. The van der Waals surface area contributed by atoms with Crippen molar-refractivity contribution < 1.29 is 9.18 Å². The smallest absolute Gasteiger partial charge is 0.223 e. The maximum absolute atomic E-state index is 13.4. The maximum atomic E-state index is 13.4. The molecule has 1 atom stereocenters. The monoisotopic (exact) mass is 380 g/mol. The van der Waals surface area contributed by atoms with Gasteiger partial charge in [0.1, 0.15) is 5.82 Å². The van der Waals surface area contributed by atoms with Gasteiger partial charge in [0.15, 0.2) is 0 Å². The lowest BCUT2D eigenvalue weighted by Gasteiger charge is -2.37. The summed E-state index contributed by atoms with van der Waals surface area (Å²) < 4.78 is 13.4. The Balaban J connectivity index is 1.49. The van der Waals surface area contributed by atoms with Crippen molar-refractivity contribution in [1.82, 2.24) is 9.80 Å². The number of rotatable bonds is 4. The van der Waals surface area contributed by atoms with Gasteiger partial charge < -0.3 is 9.80 Å². The molecule has 2 saturated heterocycles. The Kier molecular flexibility index (Phi) is 5.49. The number of carbonyl (C=O) groups is 1. The van der Waals surface area contributed by atoms with E-state index in [9.17, 15) is 9.18 Å². The molecule has 28 heavy (non-hydrogen) atoms. The first kappa shape index (κ1) is 19.1. The Labute approximate surface area is 167 Å². The molecule has 0 aliphatic carbocycles. The average molecular weight is 381 g/mol. The van der Waals surface area contributed by atoms with E-state index in [0.29, 0.717) is 11.8 Å². The first-order valence-corrected chi connectivity index (χ1v) is 10.3. The van der Waals surface area contributed by atoms with Crippen molar-refractivity contribution in [2.75, 3.05) is 33.2 Å². The molecule has 1 spiro atoms. The molecule has 3 nitrogen and oxygen atoms in total. The number of piperidine rings is 1. The number of likely N-dealkylation sites (tertiary alicyclic amines) is 2. The third-order valence-electron chi connectivity index (χ3n) is 6.69. The first-order chi connectivity index (χ1) is 13.5. The number of benzene rings is 2. The summed E-state index contributed by atoms with van der Waals surface area (Å²) in [5.74, 6) is -0.0667. The highest BCUT2D eigenvalue weighted by atomic mass is 19.1. The molecule has 1 amide bonds. The summed E-state index contributed by atoms with van der Waals surface area (Å²) in [5.41, 5.74) is 2.42. The Bertz CT molecular complexity index is 797. The quantitative estimate of drug-likeness (QED) is 0.790. The van der Waals surface area contributed by atoms with E-state index in [2.05, 4.69) is 29.0 Å². The van der Waals surface area contributed by atoms with Crippen LogP contribution in [0.3, 0.4) is 0 Å². The van der Waals surface area contributed by atoms with Crippen molar-refractivity contribution in [1.29, 1.82) is 0 Å². The maximum Gasteiger partial charge on any atom is 0.223 e. The fraction of sp³-hybridized carbons (Fsp3) is 0.458. The second-order valence-electron chi connectivity index (χ2n) is 8.59. The van der Waals surface area contributed by atoms with Crippen LogP contribution >= 0.6 is 0 Å². The zero-order chi connectivity index (χ0) is 19.6. The van der Waals surface area contributed by atoms with Gasteiger partial charge in [0.05, 0.1) is 0 Å². The largest absolute Gasteiger partial charge is 0.342 e. The topological polar surface area (TPSA) is 23.6 Å². The van der Waals surface area contributed by atoms with Gasteiger partial charge in [-0.1, -0.05) is 42.5 Å². The van der Waals surface area contributed by atoms with Crippen LogP contribution in [0.1, 0.15) is 42.7 Å². The molecule has 148 valence electrons. The minimum Gasteiger partial charge on any atom is -0.342 e. The fourth-order valence-electron chi connectivity index (χ4n) is 4.76. The van der Waals surface area contributed by atoms with Crippen LogP contribution < -0.4 is 0 Å². The van der Waals surface area contributed by atoms with Crippen LogP contribution in [0.15, 0.2) is 54.6 Å². The Morgan fingerprint density at radius 1 is 0.964 bits per heavy atom. The molecule has 2 aromatic carbocycles. The second kappa shape index (κ2) is 8.04. The molecular weight excluding hydrogens is 351 g/mol. The van der Waals surface area contributed by atoms with Crippen LogP contribution in [-0.4, -0.2) is 48.9 Å². The van der Waals surface area contributed by atoms with E-state index < -0.39 is 0 Å². The van der Waals surface area contributed by atoms with Crippen molar-refractivity contribution in [3.8, 4) is 0 Å². The lowest BCUT2D eigenvalue weighted by atomic mass is 9.78. The van der Waals surface area contributed by atoms with Crippen LogP contribution in [-0.2, 0) is 4.79 Å². The number of nitrogens with zero attached hydrogens (tertiary/aromatic N) is 2. The molecule has 0 N–H and O–H groups in total. The van der Waals surface area contributed by atoms with Crippen LogP contribution in [0, 0.1) is 11.2 Å². The molecule has 2 aliphatic heterocycles. The van der Waals surface area contributed by atoms with E-state index in [1.807, 2.05) is 30.3 Å². The minimum absolute atomic E-state index is 0.0386. The summed E-state index contributed by atoms with van der Waals surface area (Å²) >= 11 is 0. The molecule has 0 radical (unpaired) electrons. The van der Waals surface area contributed by atoms with E-state index in [1.165, 1.54) is 25.0 Å². The van der Waals surface area contributed by atoms with Crippen LogP contribution in [0.2, 0.25) is 0 Å². The lowest BCUT2D eigenvalue weighted by Crippen LogP contribution is -2.40. The van der Waals surface area contributed by atoms with Gasteiger partial charge in [0.2, 0.25) is 5.91 Å². The zero-order valence-electron chi connectivity index (χ0n) is 16.6. The van der Waals surface area contributed by atoms with Gasteiger partial charge in [-0.2, -0.15) is 0 Å². The fourth-order valence-corrected chi connectivity index (χ4v) is 4.76. The van der Waals surface area contributed by atoms with E-state index in [4.69, 9.17) is 0 Å². The van der Waals surface area contributed by atoms with Crippen LogP contribution in [0.5, 0.6) is 0 Å². The molecule has 2 fully saturated rings. The normalized spacial score (nSPS) is 20.4. The lowest BCUT2D eigenvalue weighted by molar-refractivity contribution is -0.130. The van der Waals surface area contributed by atoms with Gasteiger partial charge in [-0.3, -0.25) is 4.79 Å². The Hall–Kier alpha value is -2.20. The van der Waals surface area contributed by atoms with E-state index in [0.717, 1.165) is 43.7 Å². The molecule has 2 aliphatic rings. The van der Waals surface area contributed by atoms with E-state index >= 15 is 0 Å². The predicted molar refractivity (Wildman–Crippen MR) is 110 cm³/mol. The molecule has 0 bridgehead atoms. The summed E-state index contributed by atoms with van der Waals surface area (Å²) in [6, 6.07) is 16.7. The zero-order valence-corrected chi connectivity index (χ0v) is 16.6. The van der Waals surface area contributed by atoms with Gasteiger partial charge in [0, 0.05) is 25.4 Å². The summed E-state index contributed by atoms with van der Waals surface area (Å²) in [6.07, 6.45) is 3.94. The standard InChI is InChI=1S/C24H29FN2O/c1-26-14-11-24(12-15-26)13-16-27(18-24)23(28)17-22(19-5-3-2-4-6-19)20-7-9-21(25)10-8-20/h2-10,22H,11-18H2,1H3. The van der Waals surface area contributed by atoms with Gasteiger partial charge in [0.25, 0.3) is 0 Å². The number of carbonyl (C=O) groups excluding carboxylic acids is 1. The summed E-state index contributed by atoms with van der Waals surface area (Å²) in [6.45, 7) is 4.02. The molecule has 0 saturated carbocycles. The van der Waals surface area contributed by atoms with Gasteiger partial charge in [-0.25, -0.2) is 4.39 Å². The third-order valence-corrected chi connectivity index (χ3v) is 6.69. The van der Waals surface area contributed by atoms with Gasteiger partial charge in [-0.15, -0.1) is 0 Å². The van der Waals surface area contributed by atoms with Crippen molar-refractivity contribution in [2.24, 2.45) is 5.41 Å². The van der Waals surface area contributed by atoms with Crippen LogP contribution in [0.4, 0.5) is 4.39 Å². The predicted octanol–water partition coefficient (Wildman–Crippen LogP) is 4.29. The van der Waals surface area contributed by atoms with Crippen molar-refractivity contribution in [3.63, 3.8) is 0 Å². The second-order valence-corrected chi connectivity index (χ2v) is 8.59. The van der Waals surface area contributed by atoms with E-state index in [1.54, 1.807) is 0 Å². The summed E-state index contributed by atoms with van der Waals surface area (Å²) in [7, 11) is 2.18. The molecule has 4 heteroatoms. The number of hydrogen-bond donors (Lipinski definition) is 0. The molecule has 1 unspecified atom stereocenters. The third kappa shape index (κ3) is 4.12. The highest BCUT2D eigenvalue weighted by Gasteiger charge is 2.41. The average Bonchev–Trinajstić information content (AvgIpc) is 3.14. The highest BCUT2D eigenvalue weighted by molar-refractivity contribution is 5.78. The SMILES string of the molecule is CN1CCC2(CC1)CCN(C(=O)CC(c1ccccc1)c1ccc(F)cc1)C2. The molecular formula is C24H29FN2O. The molecule has 2 heterocycles. The Morgan fingerprint density at radius 2 is 1.57 bits per heavy atom.